The van der Waals surface area contributed by atoms with Gasteiger partial charge in [0.05, 0.1) is 29.8 Å². The summed E-state index contributed by atoms with van der Waals surface area (Å²) < 4.78 is 18.8. The van der Waals surface area contributed by atoms with Gasteiger partial charge >= 0.3 is 0 Å². The first kappa shape index (κ1) is 21.2. The Morgan fingerprint density at radius 1 is 1.23 bits per heavy atom. The number of carbonyl (C=O) groups is 1. The maximum atomic E-state index is 13.8. The molecule has 1 amide bonds. The molecule has 6 nitrogen and oxygen atoms in total. The predicted octanol–water partition coefficient (Wildman–Crippen LogP) is 3.98. The van der Waals surface area contributed by atoms with E-state index in [1.807, 2.05) is 13.0 Å². The fourth-order valence-corrected chi connectivity index (χ4v) is 4.41. The third-order valence-electron chi connectivity index (χ3n) is 6.39. The second-order valence-electron chi connectivity index (χ2n) is 8.22. The van der Waals surface area contributed by atoms with Crippen LogP contribution >= 0.6 is 0 Å². The van der Waals surface area contributed by atoms with Gasteiger partial charge in [-0.3, -0.25) is 9.78 Å². The molecule has 2 heterocycles. The van der Waals surface area contributed by atoms with Crippen LogP contribution in [0.3, 0.4) is 0 Å². The number of nitrogens with one attached hydrogen (secondary N) is 1. The fraction of sp³-hybridized carbons (Fsp3) is 0.375. The summed E-state index contributed by atoms with van der Waals surface area (Å²) in [5.74, 6) is 0.0820. The van der Waals surface area contributed by atoms with E-state index >= 15 is 0 Å². The maximum Gasteiger partial charge on any atom is 0.253 e. The highest BCUT2D eigenvalue weighted by atomic mass is 19.1. The Hall–Kier alpha value is -3.06. The Labute approximate surface area is 180 Å². The minimum Gasteiger partial charge on any atom is -0.481 e. The van der Waals surface area contributed by atoms with Crippen molar-refractivity contribution in [2.45, 2.75) is 50.2 Å². The summed E-state index contributed by atoms with van der Waals surface area (Å²) >= 11 is 0. The van der Waals surface area contributed by atoms with Crippen LogP contribution in [0.4, 0.5) is 4.39 Å². The molecule has 1 aliphatic carbocycles. The lowest BCUT2D eigenvalue weighted by Crippen LogP contribution is -2.52. The van der Waals surface area contributed by atoms with Crippen LogP contribution in [0.15, 0.2) is 48.8 Å². The molecule has 0 unspecified atom stereocenters. The molecule has 1 fully saturated rings. The first-order chi connectivity index (χ1) is 14.9. The van der Waals surface area contributed by atoms with Gasteiger partial charge < -0.3 is 15.2 Å². The lowest BCUT2D eigenvalue weighted by molar-refractivity contribution is -0.0276. The lowest BCUT2D eigenvalue weighted by atomic mass is 9.73. The Bertz CT molecular complexity index is 1080. The minimum absolute atomic E-state index is 0.210. The average Bonchev–Trinajstić information content (AvgIpc) is 2.79. The second kappa shape index (κ2) is 8.59. The SMILES string of the molecule is COc1ccc(C(=O)N[C@H](C)[C@]2(O)CC[C@H](c3ccnc4ccc(F)cc43)CC2)cn1. The number of hydrogen-bond donors (Lipinski definition) is 2. The van der Waals surface area contributed by atoms with Gasteiger partial charge in [0.25, 0.3) is 5.91 Å². The van der Waals surface area contributed by atoms with Gasteiger partial charge in [-0.15, -0.1) is 0 Å². The van der Waals surface area contributed by atoms with Gasteiger partial charge in [0, 0.05) is 23.8 Å². The number of aromatic nitrogens is 2. The number of hydrogen-bond acceptors (Lipinski definition) is 5. The summed E-state index contributed by atoms with van der Waals surface area (Å²) in [6.07, 6.45) is 5.78. The quantitative estimate of drug-likeness (QED) is 0.648. The van der Waals surface area contributed by atoms with Gasteiger partial charge in [-0.1, -0.05) is 0 Å². The fourth-order valence-electron chi connectivity index (χ4n) is 4.41. The largest absolute Gasteiger partial charge is 0.481 e. The Morgan fingerprint density at radius 2 is 2.00 bits per heavy atom. The minimum atomic E-state index is -1.000. The smallest absolute Gasteiger partial charge is 0.253 e. The van der Waals surface area contributed by atoms with Gasteiger partial charge in [-0.05, 0) is 74.4 Å². The van der Waals surface area contributed by atoms with E-state index in [2.05, 4.69) is 15.3 Å². The van der Waals surface area contributed by atoms with E-state index in [1.54, 1.807) is 24.4 Å². The van der Waals surface area contributed by atoms with Gasteiger partial charge in [-0.2, -0.15) is 0 Å². The number of benzene rings is 1. The summed E-state index contributed by atoms with van der Waals surface area (Å²) in [4.78, 5) is 20.9. The molecule has 0 bridgehead atoms. The number of nitrogens with zero attached hydrogens (tertiary/aromatic N) is 2. The molecule has 0 radical (unpaired) electrons. The number of halogens is 1. The van der Waals surface area contributed by atoms with Gasteiger partial charge in [0.1, 0.15) is 5.82 Å². The van der Waals surface area contributed by atoms with Crippen molar-refractivity contribution in [3.63, 3.8) is 0 Å². The maximum absolute atomic E-state index is 13.8. The normalized spacial score (nSPS) is 22.1. The highest BCUT2D eigenvalue weighted by Gasteiger charge is 2.39. The van der Waals surface area contributed by atoms with Gasteiger partial charge in [-0.25, -0.2) is 9.37 Å². The van der Waals surface area contributed by atoms with Crippen molar-refractivity contribution in [1.29, 1.82) is 0 Å². The number of fused-ring (bicyclic) bond motifs is 1. The number of aliphatic hydroxyl groups is 1. The summed E-state index contributed by atoms with van der Waals surface area (Å²) in [5, 5.41) is 14.9. The zero-order valence-electron chi connectivity index (χ0n) is 17.6. The van der Waals surface area contributed by atoms with Gasteiger partial charge in [0.2, 0.25) is 5.88 Å². The van der Waals surface area contributed by atoms with Crippen LogP contribution in [0.1, 0.15) is 54.4 Å². The van der Waals surface area contributed by atoms with E-state index in [1.165, 1.54) is 25.4 Å². The summed E-state index contributed by atoms with van der Waals surface area (Å²) in [6.45, 7) is 1.83. The lowest BCUT2D eigenvalue weighted by Gasteiger charge is -2.40. The van der Waals surface area contributed by atoms with Crippen molar-refractivity contribution in [3.8, 4) is 5.88 Å². The molecular weight excluding hydrogens is 397 g/mol. The standard InChI is InChI=1S/C24H26FN3O3/c1-15(28-23(29)17-3-6-22(31-2)27-14-17)24(30)10-7-16(8-11-24)19-9-12-26-21-5-4-18(25)13-20(19)21/h3-6,9,12-16,30H,7-8,10-11H2,1-2H3,(H,28,29)/t15-,16-,24-/m1/s1. The van der Waals surface area contributed by atoms with E-state index < -0.39 is 11.6 Å². The molecule has 3 aromatic rings. The first-order valence-corrected chi connectivity index (χ1v) is 10.5. The number of amides is 1. The molecule has 1 saturated carbocycles. The van der Waals surface area contributed by atoms with E-state index in [0.29, 0.717) is 24.3 Å². The second-order valence-corrected chi connectivity index (χ2v) is 8.22. The number of rotatable bonds is 5. The Morgan fingerprint density at radius 3 is 2.68 bits per heavy atom. The molecule has 2 N–H and O–H groups in total. The topological polar surface area (TPSA) is 84.3 Å². The molecule has 0 saturated heterocycles. The monoisotopic (exact) mass is 423 g/mol. The number of carbonyl (C=O) groups excluding carboxylic acids is 1. The molecule has 1 aromatic carbocycles. The first-order valence-electron chi connectivity index (χ1n) is 10.5. The van der Waals surface area contributed by atoms with Crippen LogP contribution in [-0.2, 0) is 0 Å². The van der Waals surface area contributed by atoms with Crippen molar-refractivity contribution in [3.05, 3.63) is 65.7 Å². The number of pyridine rings is 2. The van der Waals surface area contributed by atoms with Crippen molar-refractivity contribution in [1.82, 2.24) is 15.3 Å². The number of ether oxygens (including phenoxy) is 1. The molecule has 7 heteroatoms. The van der Waals surface area contributed by atoms with E-state index in [4.69, 9.17) is 4.74 Å². The Kier molecular flexibility index (Phi) is 5.87. The summed E-state index contributed by atoms with van der Waals surface area (Å²) in [6, 6.07) is 9.43. The molecule has 31 heavy (non-hydrogen) atoms. The molecule has 0 spiro atoms. The molecule has 0 aliphatic heterocycles. The molecule has 1 aliphatic rings. The zero-order valence-corrected chi connectivity index (χ0v) is 17.6. The third-order valence-corrected chi connectivity index (χ3v) is 6.39. The van der Waals surface area contributed by atoms with Crippen molar-refractivity contribution < 1.29 is 19.0 Å². The van der Waals surface area contributed by atoms with Crippen LogP contribution in [0, 0.1) is 5.82 Å². The molecular formula is C24H26FN3O3. The van der Waals surface area contributed by atoms with E-state index in [-0.39, 0.29) is 17.6 Å². The highest BCUT2D eigenvalue weighted by Crippen LogP contribution is 2.41. The molecule has 1 atom stereocenters. The highest BCUT2D eigenvalue weighted by molar-refractivity contribution is 5.94. The van der Waals surface area contributed by atoms with Crippen LogP contribution in [0.5, 0.6) is 5.88 Å². The predicted molar refractivity (Wildman–Crippen MR) is 116 cm³/mol. The van der Waals surface area contributed by atoms with Crippen molar-refractivity contribution >= 4 is 16.8 Å². The molecule has 4 rings (SSSR count). The molecule has 162 valence electrons. The van der Waals surface area contributed by atoms with Crippen LogP contribution < -0.4 is 10.1 Å². The van der Waals surface area contributed by atoms with Crippen molar-refractivity contribution in [2.75, 3.05) is 7.11 Å². The van der Waals surface area contributed by atoms with E-state index in [0.717, 1.165) is 29.3 Å². The summed E-state index contributed by atoms with van der Waals surface area (Å²) in [5.41, 5.74) is 1.25. The van der Waals surface area contributed by atoms with E-state index in [9.17, 15) is 14.3 Å². The van der Waals surface area contributed by atoms with Crippen LogP contribution in [0.25, 0.3) is 10.9 Å². The third kappa shape index (κ3) is 4.37. The Balaban J connectivity index is 1.43. The van der Waals surface area contributed by atoms with Gasteiger partial charge in [0.15, 0.2) is 0 Å². The summed E-state index contributed by atoms with van der Waals surface area (Å²) in [7, 11) is 1.52. The van der Waals surface area contributed by atoms with Crippen LogP contribution in [0.2, 0.25) is 0 Å². The van der Waals surface area contributed by atoms with Crippen LogP contribution in [-0.4, -0.2) is 39.7 Å². The number of methoxy groups -OCH3 is 1. The average molecular weight is 423 g/mol. The zero-order chi connectivity index (χ0) is 22.0. The molecule has 2 aromatic heterocycles. The van der Waals surface area contributed by atoms with Crippen molar-refractivity contribution in [2.24, 2.45) is 0 Å².